The van der Waals surface area contributed by atoms with E-state index in [1.807, 2.05) is 0 Å². The Hall–Kier alpha value is -0.860. The highest BCUT2D eigenvalue weighted by Crippen LogP contribution is 2.34. The summed E-state index contributed by atoms with van der Waals surface area (Å²) in [5.41, 5.74) is 1.15. The molecule has 0 heterocycles. The van der Waals surface area contributed by atoms with Crippen LogP contribution in [0.3, 0.4) is 0 Å². The molecule has 0 aliphatic heterocycles. The summed E-state index contributed by atoms with van der Waals surface area (Å²) in [7, 11) is 0. The van der Waals surface area contributed by atoms with E-state index in [1.54, 1.807) is 18.2 Å². The van der Waals surface area contributed by atoms with Gasteiger partial charge in [-0.05, 0) is 11.6 Å². The second-order valence-corrected chi connectivity index (χ2v) is 3.25. The van der Waals surface area contributed by atoms with Crippen molar-refractivity contribution in [3.63, 3.8) is 0 Å². The van der Waals surface area contributed by atoms with E-state index in [0.717, 1.165) is 0 Å². The van der Waals surface area contributed by atoms with E-state index < -0.39 is 6.10 Å². The van der Waals surface area contributed by atoms with Gasteiger partial charge in [0.1, 0.15) is 0 Å². The average Bonchev–Trinajstić information content (AvgIpc) is 2.29. The summed E-state index contributed by atoms with van der Waals surface area (Å²) in [5.74, 6) is -0.0666. The van der Waals surface area contributed by atoms with Crippen LogP contribution < -0.4 is 0 Å². The van der Waals surface area contributed by atoms with Crippen molar-refractivity contribution in [3.8, 4) is 0 Å². The van der Waals surface area contributed by atoms with Crippen LogP contribution >= 0.6 is 11.6 Å². The molecule has 0 spiro atoms. The SMILES string of the molecule is O=C1CC(O)c2cccc(Cl)c21. The smallest absolute Gasteiger partial charge is 0.167 e. The standard InChI is InChI=1S/C9H7ClO2/c10-6-3-1-2-5-7(11)4-8(12)9(5)6/h1-3,7,11H,4H2. The number of halogens is 1. The molecule has 1 aliphatic rings. The van der Waals surface area contributed by atoms with Crippen LogP contribution in [0.5, 0.6) is 0 Å². The molecule has 0 radical (unpaired) electrons. The van der Waals surface area contributed by atoms with Gasteiger partial charge in [0.2, 0.25) is 0 Å². The van der Waals surface area contributed by atoms with Gasteiger partial charge in [-0.3, -0.25) is 4.79 Å². The molecule has 1 aromatic carbocycles. The first-order valence-electron chi connectivity index (χ1n) is 3.70. The summed E-state index contributed by atoms with van der Waals surface area (Å²) in [6, 6.07) is 5.14. The molecule has 1 aliphatic carbocycles. The van der Waals surface area contributed by atoms with Gasteiger partial charge in [-0.25, -0.2) is 0 Å². The third-order valence-corrected chi connectivity index (χ3v) is 2.38. The second kappa shape index (κ2) is 2.57. The fourth-order valence-electron chi connectivity index (χ4n) is 1.50. The third-order valence-electron chi connectivity index (χ3n) is 2.06. The first-order valence-corrected chi connectivity index (χ1v) is 4.07. The van der Waals surface area contributed by atoms with Gasteiger partial charge in [0.25, 0.3) is 0 Å². The predicted octanol–water partition coefficient (Wildman–Crippen LogP) is 1.96. The Morgan fingerprint density at radius 1 is 1.50 bits per heavy atom. The van der Waals surface area contributed by atoms with Crippen LogP contribution in [0.25, 0.3) is 0 Å². The number of hydrogen-bond acceptors (Lipinski definition) is 2. The molecular formula is C9H7ClO2. The van der Waals surface area contributed by atoms with E-state index in [4.69, 9.17) is 11.6 Å². The highest BCUT2D eigenvalue weighted by molar-refractivity contribution is 6.34. The number of hydrogen-bond donors (Lipinski definition) is 1. The number of carbonyl (C=O) groups is 1. The molecule has 12 heavy (non-hydrogen) atoms. The van der Waals surface area contributed by atoms with E-state index in [2.05, 4.69) is 0 Å². The number of benzene rings is 1. The molecule has 1 atom stereocenters. The van der Waals surface area contributed by atoms with Gasteiger partial charge in [-0.15, -0.1) is 0 Å². The zero-order valence-electron chi connectivity index (χ0n) is 6.25. The van der Waals surface area contributed by atoms with Gasteiger partial charge in [0, 0.05) is 12.0 Å². The molecule has 0 aromatic heterocycles. The number of rotatable bonds is 0. The maximum Gasteiger partial charge on any atom is 0.167 e. The van der Waals surface area contributed by atoms with Crippen LogP contribution in [-0.2, 0) is 0 Å². The van der Waals surface area contributed by atoms with Crippen LogP contribution in [0.1, 0.15) is 28.4 Å². The molecule has 2 rings (SSSR count). The van der Waals surface area contributed by atoms with Gasteiger partial charge in [0.15, 0.2) is 5.78 Å². The quantitative estimate of drug-likeness (QED) is 0.666. The average molecular weight is 183 g/mol. The Bertz CT molecular complexity index is 346. The summed E-state index contributed by atoms with van der Waals surface area (Å²) in [4.78, 5) is 11.3. The Labute approximate surface area is 74.8 Å². The molecule has 2 nitrogen and oxygen atoms in total. The first kappa shape index (κ1) is 7.77. The molecule has 1 unspecified atom stereocenters. The second-order valence-electron chi connectivity index (χ2n) is 2.85. The van der Waals surface area contributed by atoms with Crippen molar-refractivity contribution in [1.82, 2.24) is 0 Å². The molecule has 0 bridgehead atoms. The van der Waals surface area contributed by atoms with Crippen LogP contribution in [-0.4, -0.2) is 10.9 Å². The van der Waals surface area contributed by atoms with Crippen LogP contribution in [0.2, 0.25) is 5.02 Å². The minimum absolute atomic E-state index is 0.0666. The molecule has 1 aromatic rings. The molecule has 1 N–H and O–H groups in total. The Morgan fingerprint density at radius 2 is 2.25 bits per heavy atom. The van der Waals surface area contributed by atoms with Crippen LogP contribution in [0.15, 0.2) is 18.2 Å². The lowest BCUT2D eigenvalue weighted by atomic mass is 10.1. The van der Waals surface area contributed by atoms with Crippen molar-refractivity contribution >= 4 is 17.4 Å². The van der Waals surface area contributed by atoms with Crippen LogP contribution in [0.4, 0.5) is 0 Å². The lowest BCUT2D eigenvalue weighted by Gasteiger charge is -2.01. The van der Waals surface area contributed by atoms with E-state index in [0.29, 0.717) is 16.1 Å². The maximum atomic E-state index is 11.3. The number of Topliss-reactive ketones (excluding diaryl/α,β-unsaturated/α-hetero) is 1. The lowest BCUT2D eigenvalue weighted by molar-refractivity contribution is 0.0930. The summed E-state index contributed by atoms with van der Waals surface area (Å²) in [6.07, 6.45) is -0.495. The number of aliphatic hydroxyl groups is 1. The van der Waals surface area contributed by atoms with Crippen molar-refractivity contribution in [2.75, 3.05) is 0 Å². The molecule has 62 valence electrons. The fraction of sp³-hybridized carbons (Fsp3) is 0.222. The van der Waals surface area contributed by atoms with Gasteiger partial charge in [-0.2, -0.15) is 0 Å². The maximum absolute atomic E-state index is 11.3. The van der Waals surface area contributed by atoms with E-state index in [-0.39, 0.29) is 12.2 Å². The highest BCUT2D eigenvalue weighted by atomic mass is 35.5. The Balaban J connectivity index is 2.67. The summed E-state index contributed by atoms with van der Waals surface area (Å²) >= 11 is 5.80. The zero-order chi connectivity index (χ0) is 8.72. The Morgan fingerprint density at radius 3 is 2.92 bits per heavy atom. The Kier molecular flexibility index (Phi) is 1.67. The van der Waals surface area contributed by atoms with E-state index in [1.165, 1.54) is 0 Å². The van der Waals surface area contributed by atoms with Crippen molar-refractivity contribution in [3.05, 3.63) is 34.3 Å². The first-order chi connectivity index (χ1) is 5.70. The van der Waals surface area contributed by atoms with Crippen molar-refractivity contribution in [1.29, 1.82) is 0 Å². The lowest BCUT2D eigenvalue weighted by Crippen LogP contribution is -1.91. The minimum atomic E-state index is -0.661. The molecule has 0 fully saturated rings. The number of fused-ring (bicyclic) bond motifs is 1. The van der Waals surface area contributed by atoms with Gasteiger partial charge in [-0.1, -0.05) is 23.7 Å². The predicted molar refractivity (Wildman–Crippen MR) is 45.4 cm³/mol. The van der Waals surface area contributed by atoms with Gasteiger partial charge < -0.3 is 5.11 Å². The van der Waals surface area contributed by atoms with Gasteiger partial charge in [0.05, 0.1) is 11.1 Å². The topological polar surface area (TPSA) is 37.3 Å². The molecular weight excluding hydrogens is 176 g/mol. The fourth-order valence-corrected chi connectivity index (χ4v) is 1.79. The summed E-state index contributed by atoms with van der Waals surface area (Å²) in [6.45, 7) is 0. The molecule has 0 amide bonds. The molecule has 0 saturated heterocycles. The number of aliphatic hydroxyl groups excluding tert-OH is 1. The molecule has 3 heteroatoms. The zero-order valence-corrected chi connectivity index (χ0v) is 7.01. The van der Waals surface area contributed by atoms with Crippen LogP contribution in [0, 0.1) is 0 Å². The van der Waals surface area contributed by atoms with Gasteiger partial charge >= 0.3 is 0 Å². The van der Waals surface area contributed by atoms with Crippen molar-refractivity contribution < 1.29 is 9.90 Å². The largest absolute Gasteiger partial charge is 0.388 e. The number of ketones is 1. The third kappa shape index (κ3) is 0.958. The van der Waals surface area contributed by atoms with Crippen molar-refractivity contribution in [2.24, 2.45) is 0 Å². The summed E-state index contributed by atoms with van der Waals surface area (Å²) in [5, 5.41) is 9.84. The minimum Gasteiger partial charge on any atom is -0.388 e. The highest BCUT2D eigenvalue weighted by Gasteiger charge is 2.29. The van der Waals surface area contributed by atoms with E-state index >= 15 is 0 Å². The van der Waals surface area contributed by atoms with E-state index in [9.17, 15) is 9.90 Å². The number of carbonyl (C=O) groups excluding carboxylic acids is 1. The monoisotopic (exact) mass is 182 g/mol. The van der Waals surface area contributed by atoms with Crippen molar-refractivity contribution in [2.45, 2.75) is 12.5 Å². The normalized spacial score (nSPS) is 21.2. The molecule has 0 saturated carbocycles. The summed E-state index contributed by atoms with van der Waals surface area (Å²) < 4.78 is 0.